The standard InChI is InChI=1S/C22H34N2O4S/c1-5-12-22(21(25)28-7-3)13-10-19(11-14-22)24-29(26)17(4)8-9-18(6-2)20-15-27-16-23-20/h5,9,15-17,19,24H,1,6-8,10-14H2,2-4H3/b18-9+. The van der Waals surface area contributed by atoms with E-state index >= 15 is 0 Å². The van der Waals surface area contributed by atoms with Crippen LogP contribution in [0.4, 0.5) is 0 Å². The van der Waals surface area contributed by atoms with Gasteiger partial charge in [-0.05, 0) is 64.4 Å². The molecule has 1 saturated carbocycles. The molecule has 2 unspecified atom stereocenters. The second kappa shape index (κ2) is 11.5. The summed E-state index contributed by atoms with van der Waals surface area (Å²) in [5, 5.41) is -0.0200. The molecule has 2 atom stereocenters. The molecule has 1 fully saturated rings. The van der Waals surface area contributed by atoms with Crippen LogP contribution in [-0.2, 0) is 20.5 Å². The fraction of sp³-hybridized carbons (Fsp3) is 0.636. The molecule has 1 aliphatic rings. The number of aromatic nitrogens is 1. The molecule has 0 saturated heterocycles. The highest BCUT2D eigenvalue weighted by Crippen LogP contribution is 2.41. The van der Waals surface area contributed by atoms with E-state index in [0.717, 1.165) is 43.4 Å². The molecule has 1 heterocycles. The number of nitrogens with one attached hydrogen (secondary N) is 1. The van der Waals surface area contributed by atoms with Crippen LogP contribution >= 0.6 is 0 Å². The largest absolute Gasteiger partial charge is 0.466 e. The smallest absolute Gasteiger partial charge is 0.312 e. The first-order valence-electron chi connectivity index (χ1n) is 10.5. The Labute approximate surface area is 176 Å². The number of oxazole rings is 1. The van der Waals surface area contributed by atoms with Crippen molar-refractivity contribution in [1.82, 2.24) is 9.71 Å². The van der Waals surface area contributed by atoms with Crippen LogP contribution in [-0.4, -0.2) is 33.1 Å². The van der Waals surface area contributed by atoms with Crippen molar-refractivity contribution in [1.29, 1.82) is 0 Å². The molecule has 2 rings (SSSR count). The first-order chi connectivity index (χ1) is 14.0. The van der Waals surface area contributed by atoms with Crippen LogP contribution in [0.15, 0.2) is 35.8 Å². The maximum Gasteiger partial charge on any atom is 0.312 e. The molecule has 0 amide bonds. The Morgan fingerprint density at radius 3 is 2.76 bits per heavy atom. The van der Waals surface area contributed by atoms with E-state index in [4.69, 9.17) is 9.15 Å². The summed E-state index contributed by atoms with van der Waals surface area (Å²) in [7, 11) is -1.14. The molecule has 0 spiro atoms. The zero-order chi connectivity index (χ0) is 21.3. The molecule has 0 radical (unpaired) electrons. The topological polar surface area (TPSA) is 81.4 Å². The van der Waals surface area contributed by atoms with Gasteiger partial charge in [0.1, 0.15) is 12.0 Å². The van der Waals surface area contributed by atoms with Gasteiger partial charge in [0.2, 0.25) is 0 Å². The van der Waals surface area contributed by atoms with Gasteiger partial charge in [-0.1, -0.05) is 19.1 Å². The lowest BCUT2D eigenvalue weighted by atomic mass is 9.70. The molecular formula is C22H34N2O4S. The highest BCUT2D eigenvalue weighted by molar-refractivity contribution is 7.83. The van der Waals surface area contributed by atoms with Gasteiger partial charge < -0.3 is 9.15 Å². The van der Waals surface area contributed by atoms with Gasteiger partial charge in [-0.15, -0.1) is 6.58 Å². The summed E-state index contributed by atoms with van der Waals surface area (Å²) in [6.07, 6.45) is 12.2. The summed E-state index contributed by atoms with van der Waals surface area (Å²) in [5.41, 5.74) is 1.46. The molecule has 0 bridgehead atoms. The number of hydrogen-bond acceptors (Lipinski definition) is 5. The molecule has 1 aliphatic carbocycles. The van der Waals surface area contributed by atoms with Crippen LogP contribution in [0.3, 0.4) is 0 Å². The minimum absolute atomic E-state index is 0.0200. The van der Waals surface area contributed by atoms with Crippen molar-refractivity contribution in [2.75, 3.05) is 6.61 Å². The molecule has 1 aromatic rings. The number of carbonyl (C=O) groups excluding carboxylic acids is 1. The Kier molecular flexibility index (Phi) is 9.30. The van der Waals surface area contributed by atoms with E-state index in [-0.39, 0.29) is 17.3 Å². The van der Waals surface area contributed by atoms with Crippen molar-refractivity contribution in [2.24, 2.45) is 5.41 Å². The van der Waals surface area contributed by atoms with E-state index < -0.39 is 16.4 Å². The number of rotatable bonds is 11. The van der Waals surface area contributed by atoms with Gasteiger partial charge >= 0.3 is 5.97 Å². The third-order valence-corrected chi connectivity index (χ3v) is 7.16. The Morgan fingerprint density at radius 2 is 2.21 bits per heavy atom. The summed E-state index contributed by atoms with van der Waals surface area (Å²) < 4.78 is 26.4. The SMILES string of the molecule is C=CCC1(C(=O)OCC)CCC(NS(=O)C(C)C/C=C(\CC)c2cocn2)CC1. The molecule has 29 heavy (non-hydrogen) atoms. The number of ether oxygens (including phenoxy) is 1. The van der Waals surface area contributed by atoms with E-state index in [2.05, 4.69) is 29.3 Å². The van der Waals surface area contributed by atoms with Crippen molar-refractivity contribution in [3.05, 3.63) is 37.1 Å². The number of carbonyl (C=O) groups is 1. The molecule has 6 nitrogen and oxygen atoms in total. The highest BCUT2D eigenvalue weighted by atomic mass is 32.2. The summed E-state index contributed by atoms with van der Waals surface area (Å²) in [6.45, 7) is 10.1. The van der Waals surface area contributed by atoms with Crippen LogP contribution in [0.5, 0.6) is 0 Å². The van der Waals surface area contributed by atoms with Crippen LogP contribution in [0.25, 0.3) is 5.57 Å². The van der Waals surface area contributed by atoms with E-state index in [1.54, 1.807) is 12.3 Å². The Morgan fingerprint density at radius 1 is 1.48 bits per heavy atom. The fourth-order valence-corrected chi connectivity index (χ4v) is 4.89. The molecule has 0 aliphatic heterocycles. The number of hydrogen-bond donors (Lipinski definition) is 1. The molecule has 1 aromatic heterocycles. The Hall–Kier alpha value is -1.73. The third-order valence-electron chi connectivity index (χ3n) is 5.67. The normalized spacial score (nSPS) is 24.7. The predicted molar refractivity (Wildman–Crippen MR) is 116 cm³/mol. The Bertz CT molecular complexity index is 706. The van der Waals surface area contributed by atoms with E-state index in [9.17, 15) is 9.00 Å². The summed E-state index contributed by atoms with van der Waals surface area (Å²) in [5.74, 6) is -0.127. The van der Waals surface area contributed by atoms with Gasteiger partial charge in [-0.3, -0.25) is 4.79 Å². The lowest BCUT2D eigenvalue weighted by molar-refractivity contribution is -0.157. The summed E-state index contributed by atoms with van der Waals surface area (Å²) in [4.78, 5) is 16.6. The van der Waals surface area contributed by atoms with Crippen LogP contribution in [0, 0.1) is 5.41 Å². The second-order valence-corrected chi connectivity index (χ2v) is 9.32. The first kappa shape index (κ1) is 23.5. The maximum absolute atomic E-state index is 12.8. The zero-order valence-electron chi connectivity index (χ0n) is 17.8. The van der Waals surface area contributed by atoms with Crippen LogP contribution in [0.2, 0.25) is 0 Å². The lowest BCUT2D eigenvalue weighted by Gasteiger charge is -2.37. The summed E-state index contributed by atoms with van der Waals surface area (Å²) >= 11 is 0. The van der Waals surface area contributed by atoms with E-state index in [1.165, 1.54) is 6.39 Å². The second-order valence-electron chi connectivity index (χ2n) is 7.69. The van der Waals surface area contributed by atoms with Gasteiger partial charge in [0.25, 0.3) is 0 Å². The van der Waals surface area contributed by atoms with Crippen LogP contribution < -0.4 is 4.72 Å². The van der Waals surface area contributed by atoms with Gasteiger partial charge in [-0.25, -0.2) is 13.9 Å². The minimum atomic E-state index is -1.14. The van der Waals surface area contributed by atoms with Crippen molar-refractivity contribution in [3.63, 3.8) is 0 Å². The third kappa shape index (κ3) is 6.37. The molecular weight excluding hydrogens is 388 g/mol. The highest BCUT2D eigenvalue weighted by Gasteiger charge is 2.42. The van der Waals surface area contributed by atoms with Gasteiger partial charge in [0.05, 0.1) is 23.0 Å². The number of nitrogens with zero attached hydrogens (tertiary/aromatic N) is 1. The molecule has 162 valence electrons. The molecule has 0 aromatic carbocycles. The van der Waals surface area contributed by atoms with Crippen molar-refractivity contribution >= 4 is 22.5 Å². The van der Waals surface area contributed by atoms with Crippen molar-refractivity contribution in [2.45, 2.75) is 77.0 Å². The average molecular weight is 423 g/mol. The van der Waals surface area contributed by atoms with Crippen molar-refractivity contribution < 1.29 is 18.2 Å². The van der Waals surface area contributed by atoms with Gasteiger partial charge in [0.15, 0.2) is 6.39 Å². The first-order valence-corrected chi connectivity index (χ1v) is 11.7. The summed E-state index contributed by atoms with van der Waals surface area (Å²) in [6, 6.07) is 0.149. The monoisotopic (exact) mass is 422 g/mol. The number of esters is 1. The van der Waals surface area contributed by atoms with Gasteiger partial charge in [-0.2, -0.15) is 0 Å². The predicted octanol–water partition coefficient (Wildman–Crippen LogP) is 4.57. The lowest BCUT2D eigenvalue weighted by Crippen LogP contribution is -2.43. The minimum Gasteiger partial charge on any atom is -0.466 e. The van der Waals surface area contributed by atoms with E-state index in [1.807, 2.05) is 13.8 Å². The van der Waals surface area contributed by atoms with E-state index in [0.29, 0.717) is 19.4 Å². The van der Waals surface area contributed by atoms with Crippen molar-refractivity contribution in [3.8, 4) is 0 Å². The molecule has 1 N–H and O–H groups in total. The quantitative estimate of drug-likeness (QED) is 0.417. The number of allylic oxidation sites excluding steroid dienone is 3. The molecule has 7 heteroatoms. The average Bonchev–Trinajstić information content (AvgIpc) is 3.25. The fourth-order valence-electron chi connectivity index (χ4n) is 3.82. The van der Waals surface area contributed by atoms with Gasteiger partial charge in [0, 0.05) is 11.3 Å². The zero-order valence-corrected chi connectivity index (χ0v) is 18.6. The maximum atomic E-state index is 12.8. The Balaban J connectivity index is 1.88. The van der Waals surface area contributed by atoms with Crippen LogP contribution in [0.1, 0.15) is 71.4 Å².